The van der Waals surface area contributed by atoms with Crippen molar-refractivity contribution in [2.75, 3.05) is 16.9 Å². The second kappa shape index (κ2) is 7.49. The van der Waals surface area contributed by atoms with Gasteiger partial charge in [-0.05, 0) is 24.3 Å². The molecule has 0 saturated heterocycles. The van der Waals surface area contributed by atoms with Gasteiger partial charge in [0.2, 0.25) is 11.1 Å². The summed E-state index contributed by atoms with van der Waals surface area (Å²) in [6.07, 6.45) is 1.53. The number of nitrogens with zero attached hydrogens (tertiary/aromatic N) is 4. The summed E-state index contributed by atoms with van der Waals surface area (Å²) >= 11 is 6.98. The Balaban J connectivity index is 1.66. The predicted octanol–water partition coefficient (Wildman–Crippen LogP) is 2.58. The minimum Gasteiger partial charge on any atom is -0.335 e. The third kappa shape index (κ3) is 4.06. The highest BCUT2D eigenvalue weighted by atomic mass is 35.5. The van der Waals surface area contributed by atoms with Crippen LogP contribution in [0.4, 0.5) is 10.1 Å². The monoisotopic (exact) mass is 378 g/mol. The zero-order chi connectivity index (χ0) is 17.8. The Kier molecular flexibility index (Phi) is 5.15. The molecule has 128 valence electrons. The average Bonchev–Trinajstić information content (AvgIpc) is 2.96. The van der Waals surface area contributed by atoms with Gasteiger partial charge in [-0.3, -0.25) is 4.79 Å². The molecule has 0 spiro atoms. The van der Waals surface area contributed by atoms with E-state index in [1.54, 1.807) is 24.3 Å². The first kappa shape index (κ1) is 17.2. The van der Waals surface area contributed by atoms with Gasteiger partial charge in [0.25, 0.3) is 0 Å². The van der Waals surface area contributed by atoms with E-state index < -0.39 is 5.82 Å². The molecule has 0 radical (unpaired) electrons. The number of anilines is 1. The molecule has 0 saturated carbocycles. The summed E-state index contributed by atoms with van der Waals surface area (Å²) in [7, 11) is 0. The highest BCUT2D eigenvalue weighted by Gasteiger charge is 2.14. The number of carbonyl (C=O) groups excluding carboxylic acids is 1. The van der Waals surface area contributed by atoms with Crippen molar-refractivity contribution in [2.24, 2.45) is 0 Å². The van der Waals surface area contributed by atoms with Gasteiger partial charge in [0, 0.05) is 11.8 Å². The van der Waals surface area contributed by atoms with Crippen molar-refractivity contribution < 1.29 is 9.18 Å². The number of amides is 1. The minimum absolute atomic E-state index is 0.0453. The van der Waals surface area contributed by atoms with Crippen molar-refractivity contribution in [3.8, 4) is 11.4 Å². The van der Waals surface area contributed by atoms with E-state index in [4.69, 9.17) is 17.4 Å². The lowest BCUT2D eigenvalue weighted by Gasteiger charge is -2.06. The van der Waals surface area contributed by atoms with Crippen molar-refractivity contribution in [3.05, 3.63) is 53.6 Å². The number of nitrogens with two attached hydrogens (primary N) is 1. The molecule has 1 aromatic carbocycles. The molecule has 10 heteroatoms. The third-order valence-electron chi connectivity index (χ3n) is 3.11. The fourth-order valence-corrected chi connectivity index (χ4v) is 2.82. The topological polar surface area (TPSA) is 98.7 Å². The van der Waals surface area contributed by atoms with Gasteiger partial charge >= 0.3 is 0 Å². The van der Waals surface area contributed by atoms with Crippen molar-refractivity contribution in [3.63, 3.8) is 0 Å². The maximum atomic E-state index is 13.3. The van der Waals surface area contributed by atoms with E-state index >= 15 is 0 Å². The molecule has 2 heterocycles. The number of nitrogens with one attached hydrogen (secondary N) is 1. The molecule has 0 atom stereocenters. The molecule has 3 N–H and O–H groups in total. The Morgan fingerprint density at radius 3 is 2.92 bits per heavy atom. The Bertz CT molecular complexity index is 919. The number of halogens is 2. The molecule has 7 nitrogen and oxygen atoms in total. The van der Waals surface area contributed by atoms with Crippen molar-refractivity contribution in [1.29, 1.82) is 0 Å². The minimum atomic E-state index is -0.401. The van der Waals surface area contributed by atoms with Crippen LogP contribution in [0.2, 0.25) is 5.15 Å². The van der Waals surface area contributed by atoms with Crippen LogP contribution in [0.15, 0.2) is 47.8 Å². The van der Waals surface area contributed by atoms with E-state index in [9.17, 15) is 9.18 Å². The number of nitrogen functional groups attached to an aromatic ring is 1. The van der Waals surface area contributed by atoms with Gasteiger partial charge in [0.05, 0.1) is 11.4 Å². The molecule has 0 unspecified atom stereocenters. The van der Waals surface area contributed by atoms with E-state index in [0.29, 0.717) is 22.2 Å². The van der Waals surface area contributed by atoms with Crippen LogP contribution < -0.4 is 11.2 Å². The molecular formula is C15H12ClFN6OS. The second-order valence-electron chi connectivity index (χ2n) is 4.87. The van der Waals surface area contributed by atoms with Gasteiger partial charge in [-0.25, -0.2) is 14.1 Å². The highest BCUT2D eigenvalue weighted by Crippen LogP contribution is 2.23. The van der Waals surface area contributed by atoms with E-state index in [1.807, 2.05) is 0 Å². The van der Waals surface area contributed by atoms with Crippen molar-refractivity contribution in [2.45, 2.75) is 5.16 Å². The van der Waals surface area contributed by atoms with E-state index in [2.05, 4.69) is 20.5 Å². The Morgan fingerprint density at radius 1 is 1.32 bits per heavy atom. The quantitative estimate of drug-likeness (QED) is 0.402. The summed E-state index contributed by atoms with van der Waals surface area (Å²) in [4.78, 5) is 15.9. The summed E-state index contributed by atoms with van der Waals surface area (Å²) in [5.41, 5.74) is 0.915. The largest absolute Gasteiger partial charge is 0.335 e. The van der Waals surface area contributed by atoms with Crippen LogP contribution in [0.3, 0.4) is 0 Å². The first-order valence-corrected chi connectivity index (χ1v) is 8.40. The molecule has 3 aromatic rings. The molecule has 0 aliphatic carbocycles. The highest BCUT2D eigenvalue weighted by molar-refractivity contribution is 7.99. The van der Waals surface area contributed by atoms with E-state index in [-0.39, 0.29) is 16.8 Å². The fourth-order valence-electron chi connectivity index (χ4n) is 2.00. The maximum Gasteiger partial charge on any atom is 0.234 e. The zero-order valence-electron chi connectivity index (χ0n) is 12.7. The number of carbonyl (C=O) groups is 1. The summed E-state index contributed by atoms with van der Waals surface area (Å²) in [5, 5.41) is 11.0. The van der Waals surface area contributed by atoms with Gasteiger partial charge in [0.15, 0.2) is 11.0 Å². The fraction of sp³-hybridized carbons (Fsp3) is 0.0667. The van der Waals surface area contributed by atoms with E-state index in [1.165, 1.54) is 23.0 Å². The van der Waals surface area contributed by atoms with Gasteiger partial charge in [-0.1, -0.05) is 35.5 Å². The molecule has 0 aliphatic heterocycles. The average molecular weight is 379 g/mol. The van der Waals surface area contributed by atoms with Gasteiger partial charge in [-0.2, -0.15) is 0 Å². The smallest absolute Gasteiger partial charge is 0.234 e. The maximum absolute atomic E-state index is 13.3. The van der Waals surface area contributed by atoms with Gasteiger partial charge in [0.1, 0.15) is 5.82 Å². The molecule has 3 rings (SSSR count). The summed E-state index contributed by atoms with van der Waals surface area (Å²) in [6.45, 7) is 0. The van der Waals surface area contributed by atoms with Crippen LogP contribution in [-0.4, -0.2) is 31.5 Å². The number of rotatable bonds is 5. The molecular weight excluding hydrogens is 367 g/mol. The molecule has 0 fully saturated rings. The normalized spacial score (nSPS) is 10.6. The van der Waals surface area contributed by atoms with Crippen molar-refractivity contribution in [1.82, 2.24) is 19.9 Å². The predicted molar refractivity (Wildman–Crippen MR) is 94.2 cm³/mol. The zero-order valence-corrected chi connectivity index (χ0v) is 14.3. The molecule has 2 aromatic heterocycles. The molecule has 0 aliphatic rings. The molecule has 25 heavy (non-hydrogen) atoms. The number of benzene rings is 1. The summed E-state index contributed by atoms with van der Waals surface area (Å²) in [5.74, 6) is 5.59. The Hall–Kier alpha value is -2.65. The first-order chi connectivity index (χ1) is 12.0. The number of hydrogen-bond acceptors (Lipinski definition) is 6. The second-order valence-corrected chi connectivity index (χ2v) is 6.17. The van der Waals surface area contributed by atoms with Crippen LogP contribution in [0.25, 0.3) is 11.4 Å². The third-order valence-corrected chi connectivity index (χ3v) is 4.36. The SMILES string of the molecule is Nn1c(SCC(=O)Nc2cccnc2Cl)nnc1-c1cccc(F)c1. The number of hydrogen-bond donors (Lipinski definition) is 2. The van der Waals surface area contributed by atoms with Gasteiger partial charge < -0.3 is 11.2 Å². The van der Waals surface area contributed by atoms with Crippen molar-refractivity contribution >= 4 is 35.0 Å². The Morgan fingerprint density at radius 2 is 2.16 bits per heavy atom. The lowest BCUT2D eigenvalue weighted by atomic mass is 10.2. The Labute approximate surface area is 151 Å². The van der Waals surface area contributed by atoms with E-state index in [0.717, 1.165) is 11.8 Å². The number of thioether (sulfide) groups is 1. The van der Waals surface area contributed by atoms with Crippen LogP contribution >= 0.6 is 23.4 Å². The molecule has 1 amide bonds. The molecule has 0 bridgehead atoms. The lowest BCUT2D eigenvalue weighted by molar-refractivity contribution is -0.113. The van der Waals surface area contributed by atoms with Crippen LogP contribution in [0, 0.1) is 5.82 Å². The lowest BCUT2D eigenvalue weighted by Crippen LogP contribution is -2.16. The number of aromatic nitrogens is 4. The summed E-state index contributed by atoms with van der Waals surface area (Å²) < 4.78 is 14.5. The van der Waals surface area contributed by atoms with Gasteiger partial charge in [-0.15, -0.1) is 10.2 Å². The summed E-state index contributed by atoms with van der Waals surface area (Å²) in [6, 6.07) is 9.16. The van der Waals surface area contributed by atoms with Crippen LogP contribution in [0.1, 0.15) is 0 Å². The standard InChI is InChI=1S/C15H12ClFN6OS/c16-13-11(5-2-6-19-13)20-12(24)8-25-15-22-21-14(23(15)18)9-3-1-4-10(17)7-9/h1-7H,8,18H2,(H,20,24). The number of pyridine rings is 1. The first-order valence-electron chi connectivity index (χ1n) is 7.04. The van der Waals surface area contributed by atoms with Crippen LogP contribution in [-0.2, 0) is 4.79 Å². The van der Waals surface area contributed by atoms with Crippen LogP contribution in [0.5, 0.6) is 0 Å².